The number of carbonyl (C=O) groups is 2. The van der Waals surface area contributed by atoms with Crippen molar-refractivity contribution in [2.24, 2.45) is 5.92 Å². The molecule has 5 nitrogen and oxygen atoms in total. The summed E-state index contributed by atoms with van der Waals surface area (Å²) in [6, 6.07) is 10.4. The highest BCUT2D eigenvalue weighted by atomic mass is 16.2. The average molecular weight is 353 g/mol. The zero-order chi connectivity index (χ0) is 19.3. The summed E-state index contributed by atoms with van der Waals surface area (Å²) in [6.07, 6.45) is 3.21. The molecule has 2 N–H and O–H groups in total. The quantitative estimate of drug-likeness (QED) is 0.859. The van der Waals surface area contributed by atoms with Crippen molar-refractivity contribution in [1.29, 1.82) is 0 Å². The molecule has 2 amide bonds. The molecule has 0 bridgehead atoms. The molecular formula is C21H27N3O2. The van der Waals surface area contributed by atoms with E-state index in [9.17, 15) is 9.59 Å². The lowest BCUT2D eigenvalue weighted by atomic mass is 9.86. The van der Waals surface area contributed by atoms with Gasteiger partial charge in [0.05, 0.1) is 11.9 Å². The van der Waals surface area contributed by atoms with Crippen LogP contribution in [0.25, 0.3) is 0 Å². The molecular weight excluding hydrogens is 326 g/mol. The van der Waals surface area contributed by atoms with Crippen LogP contribution in [0.5, 0.6) is 0 Å². The topological polar surface area (TPSA) is 71.1 Å². The molecule has 138 valence electrons. The monoisotopic (exact) mass is 353 g/mol. The van der Waals surface area contributed by atoms with Crippen molar-refractivity contribution in [3.8, 4) is 0 Å². The van der Waals surface area contributed by atoms with Crippen LogP contribution in [0.4, 0.5) is 5.69 Å². The van der Waals surface area contributed by atoms with Crippen molar-refractivity contribution >= 4 is 17.5 Å². The van der Waals surface area contributed by atoms with Crippen molar-refractivity contribution < 1.29 is 9.59 Å². The van der Waals surface area contributed by atoms with Gasteiger partial charge < -0.3 is 10.6 Å². The molecule has 0 fully saturated rings. The summed E-state index contributed by atoms with van der Waals surface area (Å²) in [5.41, 5.74) is 2.33. The van der Waals surface area contributed by atoms with Gasteiger partial charge in [-0.2, -0.15) is 0 Å². The van der Waals surface area contributed by atoms with Gasteiger partial charge in [0.25, 0.3) is 5.91 Å². The largest absolute Gasteiger partial charge is 0.340 e. The summed E-state index contributed by atoms with van der Waals surface area (Å²) in [5, 5.41) is 5.63. The molecule has 5 heteroatoms. The molecule has 0 aliphatic rings. The Morgan fingerprint density at radius 3 is 2.19 bits per heavy atom. The van der Waals surface area contributed by atoms with Gasteiger partial charge in [-0.25, -0.2) is 0 Å². The summed E-state index contributed by atoms with van der Waals surface area (Å²) >= 11 is 0. The van der Waals surface area contributed by atoms with Gasteiger partial charge in [-0.05, 0) is 41.2 Å². The number of amides is 2. The fraction of sp³-hybridized carbons (Fsp3) is 0.381. The van der Waals surface area contributed by atoms with Gasteiger partial charge in [0.15, 0.2) is 0 Å². The number of anilines is 1. The number of pyridine rings is 1. The van der Waals surface area contributed by atoms with Crippen molar-refractivity contribution in [3.63, 3.8) is 0 Å². The Kier molecular flexibility index (Phi) is 6.14. The van der Waals surface area contributed by atoms with E-state index in [4.69, 9.17) is 0 Å². The standard InChI is InChI=1S/C21H27N3O2/c1-14(2)18(20(26)23-17-7-6-12-22-13-17)24-19(25)15-8-10-16(11-9-15)21(3,4)5/h6-14,18H,1-5H3,(H,23,26)(H,24,25)/t18-/m0/s1. The lowest BCUT2D eigenvalue weighted by Crippen LogP contribution is -2.47. The molecule has 0 radical (unpaired) electrons. The number of hydrogen-bond acceptors (Lipinski definition) is 3. The second kappa shape index (κ2) is 8.13. The van der Waals surface area contributed by atoms with Crippen molar-refractivity contribution in [1.82, 2.24) is 10.3 Å². The zero-order valence-corrected chi connectivity index (χ0v) is 16.0. The highest BCUT2D eigenvalue weighted by Crippen LogP contribution is 2.22. The smallest absolute Gasteiger partial charge is 0.251 e. The summed E-state index contributed by atoms with van der Waals surface area (Å²) in [4.78, 5) is 29.1. The molecule has 26 heavy (non-hydrogen) atoms. The van der Waals surface area contributed by atoms with Gasteiger partial charge in [0, 0.05) is 11.8 Å². The van der Waals surface area contributed by atoms with E-state index in [0.29, 0.717) is 11.3 Å². The van der Waals surface area contributed by atoms with Crippen LogP contribution < -0.4 is 10.6 Å². The minimum absolute atomic E-state index is 0.0269. The Morgan fingerprint density at radius 1 is 1.04 bits per heavy atom. The van der Waals surface area contributed by atoms with Crippen LogP contribution in [0.3, 0.4) is 0 Å². The van der Waals surface area contributed by atoms with E-state index in [2.05, 4.69) is 36.4 Å². The molecule has 0 unspecified atom stereocenters. The fourth-order valence-electron chi connectivity index (χ4n) is 2.54. The number of nitrogens with zero attached hydrogens (tertiary/aromatic N) is 1. The maximum absolute atomic E-state index is 12.6. The number of aromatic nitrogens is 1. The van der Waals surface area contributed by atoms with Crippen LogP contribution in [0.15, 0.2) is 48.8 Å². The summed E-state index contributed by atoms with van der Waals surface area (Å²) in [6.45, 7) is 10.2. The number of hydrogen-bond donors (Lipinski definition) is 2. The summed E-state index contributed by atoms with van der Waals surface area (Å²) < 4.78 is 0. The maximum Gasteiger partial charge on any atom is 0.251 e. The van der Waals surface area contributed by atoms with E-state index in [1.807, 2.05) is 26.0 Å². The van der Waals surface area contributed by atoms with Crippen LogP contribution in [0.2, 0.25) is 0 Å². The summed E-state index contributed by atoms with van der Waals surface area (Å²) in [5.74, 6) is -0.567. The normalized spacial score (nSPS) is 12.5. The maximum atomic E-state index is 12.6. The zero-order valence-electron chi connectivity index (χ0n) is 16.0. The molecule has 1 atom stereocenters. The minimum Gasteiger partial charge on any atom is -0.340 e. The van der Waals surface area contributed by atoms with E-state index < -0.39 is 6.04 Å². The molecule has 0 saturated carbocycles. The Morgan fingerprint density at radius 2 is 1.69 bits per heavy atom. The molecule has 1 aromatic heterocycles. The number of benzene rings is 1. The second-order valence-corrected chi connectivity index (χ2v) is 7.75. The van der Waals surface area contributed by atoms with E-state index in [1.54, 1.807) is 36.7 Å². The van der Waals surface area contributed by atoms with Crippen LogP contribution in [-0.2, 0) is 10.2 Å². The Hall–Kier alpha value is -2.69. The average Bonchev–Trinajstić information content (AvgIpc) is 2.59. The first-order chi connectivity index (χ1) is 12.2. The highest BCUT2D eigenvalue weighted by Gasteiger charge is 2.25. The molecule has 0 saturated heterocycles. The van der Waals surface area contributed by atoms with E-state index in [0.717, 1.165) is 5.56 Å². The molecule has 0 aliphatic heterocycles. The van der Waals surface area contributed by atoms with Gasteiger partial charge in [-0.1, -0.05) is 46.8 Å². The van der Waals surface area contributed by atoms with Crippen molar-refractivity contribution in [2.75, 3.05) is 5.32 Å². The van der Waals surface area contributed by atoms with Crippen LogP contribution >= 0.6 is 0 Å². The van der Waals surface area contributed by atoms with Crippen molar-refractivity contribution in [3.05, 3.63) is 59.9 Å². The Labute approximate surface area is 155 Å². The second-order valence-electron chi connectivity index (χ2n) is 7.75. The van der Waals surface area contributed by atoms with Crippen LogP contribution in [-0.4, -0.2) is 22.8 Å². The van der Waals surface area contributed by atoms with E-state index in [-0.39, 0.29) is 23.1 Å². The Bertz CT molecular complexity index is 747. The predicted molar refractivity (Wildman–Crippen MR) is 104 cm³/mol. The molecule has 0 aliphatic carbocycles. The van der Waals surface area contributed by atoms with Crippen molar-refractivity contribution in [2.45, 2.75) is 46.1 Å². The van der Waals surface area contributed by atoms with Gasteiger partial charge >= 0.3 is 0 Å². The van der Waals surface area contributed by atoms with E-state index in [1.165, 1.54) is 0 Å². The SMILES string of the molecule is CC(C)[C@H](NC(=O)c1ccc(C(C)(C)C)cc1)C(=O)Nc1cccnc1. The molecule has 1 heterocycles. The lowest BCUT2D eigenvalue weighted by molar-refractivity contribution is -0.118. The molecule has 0 spiro atoms. The third-order valence-electron chi connectivity index (χ3n) is 4.18. The third kappa shape index (κ3) is 5.15. The molecule has 2 rings (SSSR count). The predicted octanol–water partition coefficient (Wildman–Crippen LogP) is 3.77. The first-order valence-electron chi connectivity index (χ1n) is 8.81. The highest BCUT2D eigenvalue weighted by molar-refractivity contribution is 6.01. The first kappa shape index (κ1) is 19.6. The number of nitrogens with one attached hydrogen (secondary N) is 2. The van der Waals surface area contributed by atoms with Crippen LogP contribution in [0, 0.1) is 5.92 Å². The first-order valence-corrected chi connectivity index (χ1v) is 8.81. The lowest BCUT2D eigenvalue weighted by Gasteiger charge is -2.22. The van der Waals surface area contributed by atoms with Gasteiger partial charge in [0.1, 0.15) is 6.04 Å². The fourth-order valence-corrected chi connectivity index (χ4v) is 2.54. The van der Waals surface area contributed by atoms with Crippen LogP contribution in [0.1, 0.15) is 50.5 Å². The van der Waals surface area contributed by atoms with Gasteiger partial charge in [0.2, 0.25) is 5.91 Å². The number of carbonyl (C=O) groups excluding carboxylic acids is 2. The van der Waals surface area contributed by atoms with Gasteiger partial charge in [-0.15, -0.1) is 0 Å². The van der Waals surface area contributed by atoms with Gasteiger partial charge in [-0.3, -0.25) is 14.6 Å². The number of rotatable bonds is 5. The molecule has 1 aromatic carbocycles. The minimum atomic E-state index is -0.634. The third-order valence-corrected chi connectivity index (χ3v) is 4.18. The Balaban J connectivity index is 2.09. The molecule has 2 aromatic rings. The summed E-state index contributed by atoms with van der Waals surface area (Å²) in [7, 11) is 0. The van der Waals surface area contributed by atoms with E-state index >= 15 is 0 Å².